The van der Waals surface area contributed by atoms with Crippen LogP contribution in [0.5, 0.6) is 0 Å². The van der Waals surface area contributed by atoms with Crippen LogP contribution in [0.15, 0.2) is 51.8 Å². The summed E-state index contributed by atoms with van der Waals surface area (Å²) in [6, 6.07) is 9.83. The Morgan fingerprint density at radius 2 is 1.91 bits per heavy atom. The number of hydrogen-bond acceptors (Lipinski definition) is 5. The Labute approximate surface area is 182 Å². The third-order valence-electron chi connectivity index (χ3n) is 5.57. The first-order valence-electron chi connectivity index (χ1n) is 10.3. The van der Waals surface area contributed by atoms with Gasteiger partial charge in [0.2, 0.25) is 5.89 Å². The van der Waals surface area contributed by atoms with Gasteiger partial charge in [-0.3, -0.25) is 0 Å². The lowest BCUT2D eigenvalue weighted by Gasteiger charge is -2.06. The fraction of sp³-hybridized carbons (Fsp3) is 0.250. The van der Waals surface area contributed by atoms with E-state index < -0.39 is 18.2 Å². The molecule has 0 N–H and O–H groups in total. The monoisotopic (exact) mass is 434 g/mol. The molecule has 0 atom stereocenters. The third kappa shape index (κ3) is 3.62. The van der Waals surface area contributed by atoms with Gasteiger partial charge >= 0.3 is 5.69 Å². The van der Waals surface area contributed by atoms with Gasteiger partial charge in [-0.2, -0.15) is 9.97 Å². The summed E-state index contributed by atoms with van der Waals surface area (Å²) >= 11 is 0. The smallest absolute Gasteiger partial charge is 0.353 e. The van der Waals surface area contributed by atoms with Crippen LogP contribution < -0.4 is 5.69 Å². The van der Waals surface area contributed by atoms with E-state index in [1.54, 1.807) is 50.4 Å². The number of benzene rings is 1. The molecule has 1 aliphatic rings. The number of alkyl halides is 1. The molecule has 0 radical (unpaired) electrons. The fourth-order valence-corrected chi connectivity index (χ4v) is 3.57. The van der Waals surface area contributed by atoms with Gasteiger partial charge in [0.05, 0.1) is 17.0 Å². The summed E-state index contributed by atoms with van der Waals surface area (Å²) in [5, 5.41) is 0. The molecule has 0 spiro atoms. The Morgan fingerprint density at radius 3 is 2.59 bits per heavy atom. The van der Waals surface area contributed by atoms with Crippen LogP contribution in [-0.2, 0) is 6.67 Å². The number of aryl methyl sites for hydroxylation is 2. The van der Waals surface area contributed by atoms with Gasteiger partial charge in [0.25, 0.3) is 0 Å². The topological polar surface area (TPSA) is 73.8 Å². The summed E-state index contributed by atoms with van der Waals surface area (Å²) in [5.41, 5.74) is 2.36. The summed E-state index contributed by atoms with van der Waals surface area (Å²) in [5.74, 6) is 0.0420. The van der Waals surface area contributed by atoms with Crippen LogP contribution in [0.2, 0.25) is 0 Å². The highest BCUT2D eigenvalue weighted by atomic mass is 19.1. The van der Waals surface area contributed by atoms with E-state index in [1.807, 2.05) is 0 Å². The van der Waals surface area contributed by atoms with E-state index >= 15 is 0 Å². The van der Waals surface area contributed by atoms with Gasteiger partial charge in [0.1, 0.15) is 18.2 Å². The lowest BCUT2D eigenvalue weighted by molar-refractivity contribution is 0.474. The van der Waals surface area contributed by atoms with Crippen molar-refractivity contribution < 1.29 is 13.2 Å². The van der Waals surface area contributed by atoms with E-state index in [4.69, 9.17) is 4.42 Å². The van der Waals surface area contributed by atoms with Crippen molar-refractivity contribution in [2.45, 2.75) is 39.3 Å². The minimum Gasteiger partial charge on any atom is -0.432 e. The molecule has 1 aliphatic carbocycles. The molecule has 32 heavy (non-hydrogen) atoms. The first-order valence-corrected chi connectivity index (χ1v) is 10.3. The highest BCUT2D eigenvalue weighted by Gasteiger charge is 2.27. The van der Waals surface area contributed by atoms with E-state index in [-0.39, 0.29) is 28.7 Å². The van der Waals surface area contributed by atoms with E-state index in [9.17, 15) is 13.6 Å². The first kappa shape index (κ1) is 20.2. The van der Waals surface area contributed by atoms with Gasteiger partial charge in [-0.1, -0.05) is 12.1 Å². The summed E-state index contributed by atoms with van der Waals surface area (Å²) in [7, 11) is 0. The number of oxazole rings is 1. The molecule has 4 aromatic rings. The molecule has 1 fully saturated rings. The highest BCUT2D eigenvalue weighted by Crippen LogP contribution is 2.38. The Hall–Kier alpha value is -3.68. The van der Waals surface area contributed by atoms with Gasteiger partial charge in [0, 0.05) is 12.1 Å². The lowest BCUT2D eigenvalue weighted by Crippen LogP contribution is -2.22. The fourth-order valence-electron chi connectivity index (χ4n) is 3.57. The SMILES string of the molecule is Cc1ccc(-c2oc(-c3ccc(C)c(CF)n3)nc2-n2ccc(C3CC3)nc2=O)c(F)c1. The van der Waals surface area contributed by atoms with Crippen LogP contribution in [0, 0.1) is 19.7 Å². The van der Waals surface area contributed by atoms with Crippen molar-refractivity contribution in [1.82, 2.24) is 19.5 Å². The molecule has 5 rings (SSSR count). The first-order chi connectivity index (χ1) is 15.4. The molecular formula is C24H20F2N4O2. The molecule has 1 saturated carbocycles. The van der Waals surface area contributed by atoms with Gasteiger partial charge in [0.15, 0.2) is 11.6 Å². The summed E-state index contributed by atoms with van der Waals surface area (Å²) < 4.78 is 35.3. The Kier molecular flexibility index (Phi) is 4.92. The molecule has 3 aromatic heterocycles. The van der Waals surface area contributed by atoms with E-state index in [2.05, 4.69) is 15.0 Å². The van der Waals surface area contributed by atoms with Crippen LogP contribution in [-0.4, -0.2) is 19.5 Å². The number of nitrogens with zero attached hydrogens (tertiary/aromatic N) is 4. The van der Waals surface area contributed by atoms with E-state index in [0.29, 0.717) is 17.2 Å². The Bertz CT molecular complexity index is 1390. The molecule has 0 bridgehead atoms. The van der Waals surface area contributed by atoms with Gasteiger partial charge < -0.3 is 4.42 Å². The molecule has 0 unspecified atom stereocenters. The van der Waals surface area contributed by atoms with Crippen molar-refractivity contribution >= 4 is 0 Å². The van der Waals surface area contributed by atoms with Crippen LogP contribution in [0.25, 0.3) is 28.7 Å². The number of pyridine rings is 1. The zero-order valence-electron chi connectivity index (χ0n) is 17.6. The van der Waals surface area contributed by atoms with Crippen molar-refractivity contribution in [1.29, 1.82) is 0 Å². The second-order valence-corrected chi connectivity index (χ2v) is 8.03. The second-order valence-electron chi connectivity index (χ2n) is 8.03. The molecule has 3 heterocycles. The number of aromatic nitrogens is 4. The maximum absolute atomic E-state index is 14.8. The number of rotatable bonds is 5. The minimum atomic E-state index is -0.737. The quantitative estimate of drug-likeness (QED) is 0.439. The Morgan fingerprint density at radius 1 is 1.09 bits per heavy atom. The molecule has 1 aromatic carbocycles. The van der Waals surface area contributed by atoms with Crippen LogP contribution in [0.1, 0.15) is 41.3 Å². The maximum Gasteiger partial charge on any atom is 0.353 e. The second kappa shape index (κ2) is 7.78. The molecule has 0 amide bonds. The van der Waals surface area contributed by atoms with Gasteiger partial charge in [-0.15, -0.1) is 0 Å². The average molecular weight is 434 g/mol. The van der Waals surface area contributed by atoms with E-state index in [0.717, 1.165) is 24.1 Å². The van der Waals surface area contributed by atoms with Crippen molar-refractivity contribution in [2.24, 2.45) is 0 Å². The molecule has 162 valence electrons. The molecule has 8 heteroatoms. The normalized spacial score (nSPS) is 13.5. The summed E-state index contributed by atoms with van der Waals surface area (Å²) in [6.07, 6.45) is 3.61. The molecule has 0 saturated heterocycles. The minimum absolute atomic E-state index is 0.0582. The van der Waals surface area contributed by atoms with Crippen LogP contribution in [0.4, 0.5) is 8.78 Å². The summed E-state index contributed by atoms with van der Waals surface area (Å²) in [4.78, 5) is 25.7. The molecule has 6 nitrogen and oxygen atoms in total. The molecule has 0 aliphatic heterocycles. The largest absolute Gasteiger partial charge is 0.432 e. The third-order valence-corrected chi connectivity index (χ3v) is 5.57. The van der Waals surface area contributed by atoms with Crippen molar-refractivity contribution in [3.8, 4) is 28.7 Å². The van der Waals surface area contributed by atoms with Crippen molar-refractivity contribution in [3.05, 3.63) is 81.4 Å². The zero-order valence-corrected chi connectivity index (χ0v) is 17.6. The van der Waals surface area contributed by atoms with Gasteiger partial charge in [-0.25, -0.2) is 23.1 Å². The van der Waals surface area contributed by atoms with Crippen molar-refractivity contribution in [3.63, 3.8) is 0 Å². The van der Waals surface area contributed by atoms with Crippen LogP contribution >= 0.6 is 0 Å². The zero-order chi connectivity index (χ0) is 22.4. The predicted molar refractivity (Wildman–Crippen MR) is 115 cm³/mol. The van der Waals surface area contributed by atoms with Crippen LogP contribution in [0.3, 0.4) is 0 Å². The number of hydrogen-bond donors (Lipinski definition) is 0. The predicted octanol–water partition coefficient (Wildman–Crippen LogP) is 5.05. The maximum atomic E-state index is 14.8. The Balaban J connectivity index is 1.70. The lowest BCUT2D eigenvalue weighted by atomic mass is 10.1. The summed E-state index contributed by atoms with van der Waals surface area (Å²) in [6.45, 7) is 2.80. The van der Waals surface area contributed by atoms with E-state index in [1.165, 1.54) is 10.6 Å². The van der Waals surface area contributed by atoms with Gasteiger partial charge in [-0.05, 0) is 62.1 Å². The molecular weight excluding hydrogens is 414 g/mol. The highest BCUT2D eigenvalue weighted by molar-refractivity contribution is 5.69. The average Bonchev–Trinajstić information content (AvgIpc) is 3.54. The van der Waals surface area contributed by atoms with Crippen molar-refractivity contribution in [2.75, 3.05) is 0 Å². The standard InChI is InChI=1S/C24H20F2N4O2/c1-13-3-7-16(17(26)11-13)21-22(30-10-9-18(15-5-6-15)28-24(30)31)29-23(32-21)19-8-4-14(2)20(12-25)27-19/h3-4,7-11,15H,5-6,12H2,1-2H3. The number of halogens is 2.